The summed E-state index contributed by atoms with van der Waals surface area (Å²) in [7, 11) is 3.74. The second-order valence-electron chi connectivity index (χ2n) is 5.50. The fraction of sp³-hybridized carbons (Fsp3) is 0.750. The first-order valence-electron chi connectivity index (χ1n) is 8.18. The van der Waals surface area contributed by atoms with Gasteiger partial charge >= 0.3 is 0 Å². The van der Waals surface area contributed by atoms with Gasteiger partial charge in [0.2, 0.25) is 0 Å². The van der Waals surface area contributed by atoms with E-state index in [1.54, 1.807) is 0 Å². The molecule has 1 aromatic rings. The quantitative estimate of drug-likeness (QED) is 0.263. The van der Waals surface area contributed by atoms with Crippen molar-refractivity contribution >= 4 is 29.9 Å². The number of aromatic nitrogens is 2. The van der Waals surface area contributed by atoms with Gasteiger partial charge in [-0.3, -0.25) is 9.67 Å². The van der Waals surface area contributed by atoms with Crippen LogP contribution >= 0.6 is 24.0 Å². The summed E-state index contributed by atoms with van der Waals surface area (Å²) in [5.41, 5.74) is 1.16. The molecule has 0 bridgehead atoms. The molecule has 0 fully saturated rings. The molecule has 22 heavy (non-hydrogen) atoms. The van der Waals surface area contributed by atoms with Crippen molar-refractivity contribution in [1.29, 1.82) is 0 Å². The number of hydrogen-bond acceptors (Lipinski definition) is 2. The minimum absolute atomic E-state index is 0. The van der Waals surface area contributed by atoms with Crippen molar-refractivity contribution < 1.29 is 0 Å². The normalized spacial score (nSPS) is 11.1. The lowest BCUT2D eigenvalue weighted by molar-refractivity contribution is 0.583. The van der Waals surface area contributed by atoms with Gasteiger partial charge in [0, 0.05) is 38.9 Å². The van der Waals surface area contributed by atoms with Crippen LogP contribution in [0.5, 0.6) is 0 Å². The molecule has 0 aliphatic carbocycles. The van der Waals surface area contributed by atoms with E-state index < -0.39 is 0 Å². The molecular formula is C16H32IN5. The van der Waals surface area contributed by atoms with Gasteiger partial charge in [0.1, 0.15) is 0 Å². The zero-order chi connectivity index (χ0) is 15.3. The molecule has 1 rings (SSSR count). The van der Waals surface area contributed by atoms with Gasteiger partial charge in [-0.2, -0.15) is 5.10 Å². The zero-order valence-electron chi connectivity index (χ0n) is 14.3. The van der Waals surface area contributed by atoms with E-state index in [1.807, 2.05) is 31.2 Å². The third kappa shape index (κ3) is 10.0. The third-order valence-electron chi connectivity index (χ3n) is 3.51. The average Bonchev–Trinajstić information content (AvgIpc) is 2.90. The predicted octanol–water partition coefficient (Wildman–Crippen LogP) is 3.45. The highest BCUT2D eigenvalue weighted by Crippen LogP contribution is 2.06. The highest BCUT2D eigenvalue weighted by molar-refractivity contribution is 14.0. The standard InChI is InChI=1S/C16H31N5.HI/c1-4-5-6-7-8-9-10-11-18-16(17-2)19-12-15-13-20-21(3)14-15;/h13-14H,4-12H2,1-3H3,(H2,17,18,19);1H. The number of halogens is 1. The summed E-state index contributed by atoms with van der Waals surface area (Å²) in [4.78, 5) is 4.24. The van der Waals surface area contributed by atoms with Gasteiger partial charge < -0.3 is 10.6 Å². The average molecular weight is 421 g/mol. The Morgan fingerprint density at radius 3 is 2.41 bits per heavy atom. The van der Waals surface area contributed by atoms with Gasteiger partial charge in [0.05, 0.1) is 6.20 Å². The first-order valence-corrected chi connectivity index (χ1v) is 8.18. The number of nitrogens with zero attached hydrogens (tertiary/aromatic N) is 3. The second-order valence-corrected chi connectivity index (χ2v) is 5.50. The van der Waals surface area contributed by atoms with Crippen molar-refractivity contribution in [3.8, 4) is 0 Å². The maximum Gasteiger partial charge on any atom is 0.191 e. The van der Waals surface area contributed by atoms with E-state index in [0.29, 0.717) is 0 Å². The number of rotatable bonds is 10. The van der Waals surface area contributed by atoms with E-state index in [2.05, 4.69) is 27.6 Å². The van der Waals surface area contributed by atoms with E-state index in [0.717, 1.165) is 24.6 Å². The molecule has 0 unspecified atom stereocenters. The molecule has 0 saturated carbocycles. The van der Waals surface area contributed by atoms with E-state index >= 15 is 0 Å². The van der Waals surface area contributed by atoms with E-state index in [9.17, 15) is 0 Å². The van der Waals surface area contributed by atoms with E-state index in [1.165, 1.54) is 44.9 Å². The molecule has 1 heterocycles. The van der Waals surface area contributed by atoms with Crippen molar-refractivity contribution in [2.24, 2.45) is 12.0 Å². The minimum atomic E-state index is 0. The molecule has 6 heteroatoms. The fourth-order valence-corrected chi connectivity index (χ4v) is 2.26. The molecule has 0 amide bonds. The summed E-state index contributed by atoms with van der Waals surface area (Å²) >= 11 is 0. The lowest BCUT2D eigenvalue weighted by atomic mass is 10.1. The summed E-state index contributed by atoms with van der Waals surface area (Å²) in [6, 6.07) is 0. The maximum absolute atomic E-state index is 4.24. The Hall–Kier alpha value is -0.790. The van der Waals surface area contributed by atoms with Crippen LogP contribution in [-0.2, 0) is 13.6 Å². The first-order chi connectivity index (χ1) is 10.3. The predicted molar refractivity (Wildman–Crippen MR) is 105 cm³/mol. The number of hydrogen-bond donors (Lipinski definition) is 2. The molecule has 0 aromatic carbocycles. The number of nitrogens with one attached hydrogen (secondary N) is 2. The number of guanidine groups is 1. The monoisotopic (exact) mass is 421 g/mol. The molecule has 1 aromatic heterocycles. The van der Waals surface area contributed by atoms with Crippen molar-refractivity contribution in [1.82, 2.24) is 20.4 Å². The van der Waals surface area contributed by atoms with Crippen LogP contribution in [0, 0.1) is 0 Å². The largest absolute Gasteiger partial charge is 0.356 e. The number of aliphatic imine (C=N–C) groups is 1. The van der Waals surface area contributed by atoms with Crippen LogP contribution in [0.1, 0.15) is 57.4 Å². The highest BCUT2D eigenvalue weighted by Gasteiger charge is 1.99. The van der Waals surface area contributed by atoms with Crippen LogP contribution in [0.4, 0.5) is 0 Å². The van der Waals surface area contributed by atoms with Gasteiger partial charge in [0.25, 0.3) is 0 Å². The van der Waals surface area contributed by atoms with Crippen LogP contribution in [0.2, 0.25) is 0 Å². The Bertz CT molecular complexity index is 403. The first kappa shape index (κ1) is 21.2. The van der Waals surface area contributed by atoms with Crippen LogP contribution < -0.4 is 10.6 Å². The zero-order valence-corrected chi connectivity index (χ0v) is 16.6. The van der Waals surface area contributed by atoms with Crippen LogP contribution in [0.25, 0.3) is 0 Å². The van der Waals surface area contributed by atoms with E-state index in [4.69, 9.17) is 0 Å². The van der Waals surface area contributed by atoms with Crippen molar-refractivity contribution in [3.05, 3.63) is 18.0 Å². The third-order valence-corrected chi connectivity index (χ3v) is 3.51. The van der Waals surface area contributed by atoms with Gasteiger partial charge in [-0.1, -0.05) is 45.4 Å². The number of unbranched alkanes of at least 4 members (excludes halogenated alkanes) is 6. The van der Waals surface area contributed by atoms with Crippen LogP contribution in [0.3, 0.4) is 0 Å². The highest BCUT2D eigenvalue weighted by atomic mass is 127. The summed E-state index contributed by atoms with van der Waals surface area (Å²) in [5.74, 6) is 0.866. The second kappa shape index (κ2) is 13.8. The van der Waals surface area contributed by atoms with E-state index in [-0.39, 0.29) is 24.0 Å². The van der Waals surface area contributed by atoms with Crippen molar-refractivity contribution in [2.45, 2.75) is 58.4 Å². The van der Waals surface area contributed by atoms with Gasteiger partial charge in [-0.15, -0.1) is 24.0 Å². The molecular weight excluding hydrogens is 389 g/mol. The lowest BCUT2D eigenvalue weighted by Gasteiger charge is -2.11. The van der Waals surface area contributed by atoms with Gasteiger partial charge in [-0.05, 0) is 6.42 Å². The molecule has 2 N–H and O–H groups in total. The minimum Gasteiger partial charge on any atom is -0.356 e. The molecule has 5 nitrogen and oxygen atoms in total. The molecule has 0 radical (unpaired) electrons. The SMILES string of the molecule is CCCCCCCCCNC(=NC)NCc1cnn(C)c1.I. The topological polar surface area (TPSA) is 54.2 Å². The Kier molecular flexibility index (Phi) is 13.3. The summed E-state index contributed by atoms with van der Waals surface area (Å²) in [5, 5.41) is 10.8. The van der Waals surface area contributed by atoms with Crippen molar-refractivity contribution in [2.75, 3.05) is 13.6 Å². The van der Waals surface area contributed by atoms with Crippen LogP contribution in [0.15, 0.2) is 17.4 Å². The molecule has 0 aliphatic rings. The maximum atomic E-state index is 4.24. The van der Waals surface area contributed by atoms with Crippen molar-refractivity contribution in [3.63, 3.8) is 0 Å². The molecule has 0 atom stereocenters. The van der Waals surface area contributed by atoms with Gasteiger partial charge in [-0.25, -0.2) is 0 Å². The number of aryl methyl sites for hydroxylation is 1. The van der Waals surface area contributed by atoms with Crippen LogP contribution in [-0.4, -0.2) is 29.3 Å². The van der Waals surface area contributed by atoms with Gasteiger partial charge in [0.15, 0.2) is 5.96 Å². The molecule has 128 valence electrons. The fourth-order valence-electron chi connectivity index (χ4n) is 2.26. The summed E-state index contributed by atoms with van der Waals surface area (Å²) in [6.07, 6.45) is 13.2. The lowest BCUT2D eigenvalue weighted by Crippen LogP contribution is -2.37. The Labute approximate surface area is 152 Å². The summed E-state index contributed by atoms with van der Waals surface area (Å²) < 4.78 is 1.81. The Balaban J connectivity index is 0.00000441. The summed E-state index contributed by atoms with van der Waals surface area (Å²) in [6.45, 7) is 4.00. The molecule has 0 aliphatic heterocycles. The smallest absolute Gasteiger partial charge is 0.191 e. The molecule has 0 spiro atoms. The Morgan fingerprint density at radius 2 is 1.82 bits per heavy atom. The Morgan fingerprint density at radius 1 is 1.14 bits per heavy atom. The molecule has 0 saturated heterocycles.